The second kappa shape index (κ2) is 6.02. The van der Waals surface area contributed by atoms with E-state index in [2.05, 4.69) is 5.32 Å². The van der Waals surface area contributed by atoms with Crippen molar-refractivity contribution in [2.75, 3.05) is 0 Å². The van der Waals surface area contributed by atoms with Gasteiger partial charge in [0, 0.05) is 12.1 Å². The van der Waals surface area contributed by atoms with Crippen LogP contribution in [-0.2, 0) is 0 Å². The summed E-state index contributed by atoms with van der Waals surface area (Å²) in [7, 11) is 0. The third-order valence-corrected chi connectivity index (χ3v) is 3.67. The van der Waals surface area contributed by atoms with Crippen LogP contribution in [0.25, 0.3) is 0 Å². The molecule has 0 bridgehead atoms. The number of amides is 1. The molecule has 0 spiro atoms. The van der Waals surface area contributed by atoms with Gasteiger partial charge in [0.2, 0.25) is 0 Å². The third kappa shape index (κ3) is 3.23. The number of hydrogen-bond donors (Lipinski definition) is 1. The highest BCUT2D eigenvalue weighted by atomic mass is 35.5. The fourth-order valence-electron chi connectivity index (χ4n) is 2.39. The maximum Gasteiger partial charge on any atom is 0.283 e. The van der Waals surface area contributed by atoms with E-state index < -0.39 is 10.8 Å². The molecule has 0 aliphatic heterocycles. The second-order valence-electron chi connectivity index (χ2n) is 4.70. The van der Waals surface area contributed by atoms with Gasteiger partial charge in [-0.05, 0) is 18.9 Å². The van der Waals surface area contributed by atoms with Crippen LogP contribution in [0.1, 0.15) is 42.5 Å². The minimum atomic E-state index is -0.582. The Balaban J connectivity index is 2.20. The zero-order valence-corrected chi connectivity index (χ0v) is 11.2. The van der Waals surface area contributed by atoms with E-state index in [4.69, 9.17) is 11.6 Å². The molecule has 2 rings (SSSR count). The number of rotatable bonds is 3. The van der Waals surface area contributed by atoms with Crippen molar-refractivity contribution in [3.8, 4) is 0 Å². The number of halogens is 1. The lowest BCUT2D eigenvalue weighted by Crippen LogP contribution is -2.36. The SMILES string of the molecule is O=C(NC1CCCCC1)c1c(Cl)cccc1[N+](=O)[O-]. The van der Waals surface area contributed by atoms with E-state index in [1.54, 1.807) is 0 Å². The van der Waals surface area contributed by atoms with Gasteiger partial charge in [0.05, 0.1) is 9.95 Å². The van der Waals surface area contributed by atoms with Crippen LogP contribution in [-0.4, -0.2) is 16.9 Å². The highest BCUT2D eigenvalue weighted by molar-refractivity contribution is 6.34. The number of carbonyl (C=O) groups excluding carboxylic acids is 1. The number of nitrogens with zero attached hydrogens (tertiary/aromatic N) is 1. The van der Waals surface area contributed by atoms with Crippen LogP contribution >= 0.6 is 11.6 Å². The summed E-state index contributed by atoms with van der Waals surface area (Å²) in [5.74, 6) is -0.454. The molecule has 1 aliphatic rings. The van der Waals surface area contributed by atoms with Gasteiger partial charge in [-0.25, -0.2) is 0 Å². The molecular weight excluding hydrogens is 268 g/mol. The first kappa shape index (κ1) is 13.8. The number of nitro benzene ring substituents is 1. The van der Waals surface area contributed by atoms with Crippen LogP contribution in [0.2, 0.25) is 5.02 Å². The fraction of sp³-hybridized carbons (Fsp3) is 0.462. The quantitative estimate of drug-likeness (QED) is 0.683. The Labute approximate surface area is 116 Å². The molecule has 102 valence electrons. The van der Waals surface area contributed by atoms with E-state index >= 15 is 0 Å². The van der Waals surface area contributed by atoms with Crippen LogP contribution < -0.4 is 5.32 Å². The average Bonchev–Trinajstić information content (AvgIpc) is 2.39. The third-order valence-electron chi connectivity index (χ3n) is 3.36. The minimum Gasteiger partial charge on any atom is -0.349 e. The maximum absolute atomic E-state index is 12.2. The number of hydrogen-bond acceptors (Lipinski definition) is 3. The summed E-state index contributed by atoms with van der Waals surface area (Å²) in [6.45, 7) is 0. The zero-order chi connectivity index (χ0) is 13.8. The van der Waals surface area contributed by atoms with E-state index in [-0.39, 0.29) is 22.3 Å². The smallest absolute Gasteiger partial charge is 0.283 e. The van der Waals surface area contributed by atoms with Gasteiger partial charge < -0.3 is 5.32 Å². The summed E-state index contributed by atoms with van der Waals surface area (Å²) in [4.78, 5) is 22.5. The van der Waals surface area contributed by atoms with Crippen LogP contribution in [0, 0.1) is 10.1 Å². The Bertz CT molecular complexity index is 499. The predicted molar refractivity (Wildman–Crippen MR) is 72.4 cm³/mol. The lowest BCUT2D eigenvalue weighted by Gasteiger charge is -2.22. The number of benzene rings is 1. The molecule has 5 nitrogen and oxygen atoms in total. The largest absolute Gasteiger partial charge is 0.349 e. The van der Waals surface area contributed by atoms with Crippen LogP contribution in [0.5, 0.6) is 0 Å². The molecule has 1 fully saturated rings. The van der Waals surface area contributed by atoms with Gasteiger partial charge >= 0.3 is 0 Å². The molecule has 0 saturated heterocycles. The molecule has 1 aromatic rings. The minimum absolute atomic E-state index is 0.0419. The molecular formula is C13H15ClN2O3. The van der Waals surface area contributed by atoms with E-state index in [0.29, 0.717) is 0 Å². The van der Waals surface area contributed by atoms with E-state index in [1.807, 2.05) is 0 Å². The van der Waals surface area contributed by atoms with Crippen molar-refractivity contribution in [3.05, 3.63) is 38.9 Å². The van der Waals surface area contributed by atoms with E-state index in [1.165, 1.54) is 24.6 Å². The van der Waals surface area contributed by atoms with Gasteiger partial charge in [0.25, 0.3) is 11.6 Å². The molecule has 1 aliphatic carbocycles. The van der Waals surface area contributed by atoms with Crippen LogP contribution in [0.3, 0.4) is 0 Å². The summed E-state index contributed by atoms with van der Waals surface area (Å²) < 4.78 is 0. The Kier molecular flexibility index (Phi) is 4.37. The van der Waals surface area contributed by atoms with Crippen molar-refractivity contribution >= 4 is 23.2 Å². The Morgan fingerprint density at radius 1 is 1.32 bits per heavy atom. The first-order chi connectivity index (χ1) is 9.09. The highest BCUT2D eigenvalue weighted by Gasteiger charge is 2.25. The Morgan fingerprint density at radius 2 is 2.00 bits per heavy atom. The summed E-state index contributed by atoms with van der Waals surface area (Å²) in [6.07, 6.45) is 5.18. The monoisotopic (exact) mass is 282 g/mol. The number of carbonyl (C=O) groups is 1. The molecule has 0 atom stereocenters. The van der Waals surface area contributed by atoms with Crippen molar-refractivity contribution in [2.45, 2.75) is 38.1 Å². The fourth-order valence-corrected chi connectivity index (χ4v) is 2.65. The number of nitro groups is 1. The molecule has 19 heavy (non-hydrogen) atoms. The first-order valence-electron chi connectivity index (χ1n) is 6.33. The molecule has 0 radical (unpaired) electrons. The van der Waals surface area contributed by atoms with Gasteiger partial charge in [-0.1, -0.05) is 36.9 Å². The van der Waals surface area contributed by atoms with E-state index in [0.717, 1.165) is 25.7 Å². The summed E-state index contributed by atoms with van der Waals surface area (Å²) in [5.41, 5.74) is -0.291. The van der Waals surface area contributed by atoms with E-state index in [9.17, 15) is 14.9 Å². The van der Waals surface area contributed by atoms with Crippen molar-refractivity contribution in [2.24, 2.45) is 0 Å². The van der Waals surface area contributed by atoms with Crippen molar-refractivity contribution in [1.82, 2.24) is 5.32 Å². The van der Waals surface area contributed by atoms with Gasteiger partial charge in [-0.3, -0.25) is 14.9 Å². The molecule has 1 saturated carbocycles. The van der Waals surface area contributed by atoms with Crippen molar-refractivity contribution in [1.29, 1.82) is 0 Å². The van der Waals surface area contributed by atoms with Crippen molar-refractivity contribution < 1.29 is 9.72 Å². The highest BCUT2D eigenvalue weighted by Crippen LogP contribution is 2.27. The van der Waals surface area contributed by atoms with Crippen LogP contribution in [0.15, 0.2) is 18.2 Å². The zero-order valence-electron chi connectivity index (χ0n) is 10.4. The number of nitrogens with one attached hydrogen (secondary N) is 1. The summed E-state index contributed by atoms with van der Waals surface area (Å²) in [6, 6.07) is 4.35. The van der Waals surface area contributed by atoms with Gasteiger partial charge in [0.15, 0.2) is 0 Å². The molecule has 0 heterocycles. The molecule has 1 aromatic carbocycles. The molecule has 0 unspecified atom stereocenters. The predicted octanol–water partition coefficient (Wildman–Crippen LogP) is 3.31. The normalized spacial score (nSPS) is 16.1. The topological polar surface area (TPSA) is 72.2 Å². The van der Waals surface area contributed by atoms with Gasteiger partial charge in [-0.15, -0.1) is 0 Å². The Morgan fingerprint density at radius 3 is 2.63 bits per heavy atom. The average molecular weight is 283 g/mol. The molecule has 0 aromatic heterocycles. The van der Waals surface area contributed by atoms with Crippen molar-refractivity contribution in [3.63, 3.8) is 0 Å². The lowest BCUT2D eigenvalue weighted by molar-refractivity contribution is -0.385. The lowest BCUT2D eigenvalue weighted by atomic mass is 9.95. The summed E-state index contributed by atoms with van der Waals surface area (Å²) in [5, 5.41) is 13.9. The summed E-state index contributed by atoms with van der Waals surface area (Å²) >= 11 is 5.92. The second-order valence-corrected chi connectivity index (χ2v) is 5.11. The van der Waals surface area contributed by atoms with Gasteiger partial charge in [-0.2, -0.15) is 0 Å². The first-order valence-corrected chi connectivity index (χ1v) is 6.71. The molecule has 1 N–H and O–H groups in total. The van der Waals surface area contributed by atoms with Gasteiger partial charge in [0.1, 0.15) is 5.56 Å². The molecule has 6 heteroatoms. The van der Waals surface area contributed by atoms with Crippen LogP contribution in [0.4, 0.5) is 5.69 Å². The Hall–Kier alpha value is -1.62. The standard InChI is InChI=1S/C13H15ClN2O3/c14-10-7-4-8-11(16(18)19)12(10)13(17)15-9-5-2-1-3-6-9/h4,7-9H,1-3,5-6H2,(H,15,17). The molecule has 1 amide bonds. The maximum atomic E-state index is 12.2.